The van der Waals surface area contributed by atoms with Crippen molar-refractivity contribution in [2.45, 2.75) is 33.6 Å². The van der Waals surface area contributed by atoms with Gasteiger partial charge in [0.15, 0.2) is 5.11 Å². The van der Waals surface area contributed by atoms with Crippen molar-refractivity contribution in [3.05, 3.63) is 23.9 Å². The second-order valence-corrected chi connectivity index (χ2v) is 7.07. The average Bonchev–Trinajstić information content (AvgIpc) is 2.45. The van der Waals surface area contributed by atoms with E-state index in [1.54, 1.807) is 0 Å². The van der Waals surface area contributed by atoms with Gasteiger partial charge in [-0.25, -0.2) is 4.98 Å². The Labute approximate surface area is 139 Å². The van der Waals surface area contributed by atoms with E-state index in [1.165, 1.54) is 19.5 Å². The molecule has 0 spiro atoms. The first-order valence-corrected chi connectivity index (χ1v) is 8.63. The summed E-state index contributed by atoms with van der Waals surface area (Å²) in [5, 5.41) is 7.03. The SMILES string of the molecule is Cc1ccc(NC(=S)NCCCN2C[C@@H](C)C[C@H](C)C2)nc1. The van der Waals surface area contributed by atoms with Crippen LogP contribution in [0.1, 0.15) is 32.3 Å². The molecule has 0 radical (unpaired) electrons. The molecule has 4 nitrogen and oxygen atoms in total. The first-order chi connectivity index (χ1) is 10.5. The molecule has 1 aliphatic rings. The van der Waals surface area contributed by atoms with Crippen LogP contribution in [0.3, 0.4) is 0 Å². The van der Waals surface area contributed by atoms with E-state index >= 15 is 0 Å². The fourth-order valence-corrected chi connectivity index (χ4v) is 3.39. The molecule has 0 aliphatic carbocycles. The Kier molecular flexibility index (Phi) is 6.58. The number of pyridine rings is 1. The van der Waals surface area contributed by atoms with E-state index in [2.05, 4.69) is 34.4 Å². The number of hydrogen-bond acceptors (Lipinski definition) is 3. The fourth-order valence-electron chi connectivity index (χ4n) is 3.18. The third-order valence-corrected chi connectivity index (χ3v) is 4.28. The van der Waals surface area contributed by atoms with Crippen molar-refractivity contribution in [2.24, 2.45) is 11.8 Å². The highest BCUT2D eigenvalue weighted by Gasteiger charge is 2.20. The van der Waals surface area contributed by atoms with Crippen molar-refractivity contribution >= 4 is 23.1 Å². The normalized spacial score (nSPS) is 22.3. The molecule has 2 N–H and O–H groups in total. The molecule has 2 rings (SSSR count). The minimum atomic E-state index is 0.650. The molecule has 0 saturated carbocycles. The van der Waals surface area contributed by atoms with Gasteiger partial charge in [0.1, 0.15) is 5.82 Å². The molecule has 1 aromatic heterocycles. The summed E-state index contributed by atoms with van der Waals surface area (Å²) in [5.74, 6) is 2.45. The van der Waals surface area contributed by atoms with Gasteiger partial charge in [-0.1, -0.05) is 19.9 Å². The molecule has 22 heavy (non-hydrogen) atoms. The van der Waals surface area contributed by atoms with Gasteiger partial charge in [0.05, 0.1) is 0 Å². The van der Waals surface area contributed by atoms with Crippen molar-refractivity contribution in [2.75, 3.05) is 31.5 Å². The molecule has 1 saturated heterocycles. The molecular weight excluding hydrogens is 292 g/mol. The maximum absolute atomic E-state index is 5.30. The van der Waals surface area contributed by atoms with Crippen molar-refractivity contribution < 1.29 is 0 Å². The number of aromatic nitrogens is 1. The van der Waals surface area contributed by atoms with Gasteiger partial charge in [-0.05, 0) is 62.0 Å². The smallest absolute Gasteiger partial charge is 0.171 e. The topological polar surface area (TPSA) is 40.2 Å². The zero-order chi connectivity index (χ0) is 15.9. The maximum atomic E-state index is 5.30. The number of nitrogens with one attached hydrogen (secondary N) is 2. The van der Waals surface area contributed by atoms with Gasteiger partial charge in [0, 0.05) is 25.8 Å². The molecule has 1 aromatic rings. The number of hydrogen-bond donors (Lipinski definition) is 2. The molecule has 1 aliphatic heterocycles. The number of nitrogens with zero attached hydrogens (tertiary/aromatic N) is 2. The lowest BCUT2D eigenvalue weighted by Gasteiger charge is -2.34. The molecule has 0 aromatic carbocycles. The summed E-state index contributed by atoms with van der Waals surface area (Å²) in [4.78, 5) is 6.87. The summed E-state index contributed by atoms with van der Waals surface area (Å²) in [6.45, 7) is 11.3. The van der Waals surface area contributed by atoms with Crippen LogP contribution < -0.4 is 10.6 Å². The van der Waals surface area contributed by atoms with Crippen LogP contribution >= 0.6 is 12.2 Å². The van der Waals surface area contributed by atoms with Gasteiger partial charge in [-0.15, -0.1) is 0 Å². The minimum Gasteiger partial charge on any atom is -0.362 e. The molecule has 1 fully saturated rings. The maximum Gasteiger partial charge on any atom is 0.171 e. The van der Waals surface area contributed by atoms with Crippen LogP contribution in [-0.2, 0) is 0 Å². The Morgan fingerprint density at radius 3 is 2.68 bits per heavy atom. The number of aryl methyl sites for hydroxylation is 1. The summed E-state index contributed by atoms with van der Waals surface area (Å²) in [7, 11) is 0. The minimum absolute atomic E-state index is 0.650. The quantitative estimate of drug-likeness (QED) is 0.644. The molecule has 122 valence electrons. The van der Waals surface area contributed by atoms with Crippen molar-refractivity contribution in [1.82, 2.24) is 15.2 Å². The number of rotatable bonds is 5. The van der Waals surface area contributed by atoms with Crippen LogP contribution in [0.2, 0.25) is 0 Å². The van der Waals surface area contributed by atoms with Crippen molar-refractivity contribution in [1.29, 1.82) is 0 Å². The zero-order valence-electron chi connectivity index (χ0n) is 13.9. The molecular formula is C17H28N4S. The number of likely N-dealkylation sites (tertiary alicyclic amines) is 1. The molecule has 5 heteroatoms. The van der Waals surface area contributed by atoms with E-state index in [-0.39, 0.29) is 0 Å². The zero-order valence-corrected chi connectivity index (χ0v) is 14.7. The summed E-state index contributed by atoms with van der Waals surface area (Å²) >= 11 is 5.30. The number of anilines is 1. The van der Waals surface area contributed by atoms with Crippen molar-refractivity contribution in [3.63, 3.8) is 0 Å². The van der Waals surface area contributed by atoms with E-state index in [4.69, 9.17) is 12.2 Å². The van der Waals surface area contributed by atoms with Crippen LogP contribution in [0.4, 0.5) is 5.82 Å². The van der Waals surface area contributed by atoms with Gasteiger partial charge >= 0.3 is 0 Å². The Hall–Kier alpha value is -1.20. The molecule has 0 unspecified atom stereocenters. The second kappa shape index (κ2) is 8.44. The number of piperidine rings is 1. The summed E-state index contributed by atoms with van der Waals surface area (Å²) in [5.41, 5.74) is 1.15. The summed E-state index contributed by atoms with van der Waals surface area (Å²) in [6, 6.07) is 3.97. The fraction of sp³-hybridized carbons (Fsp3) is 0.647. The largest absolute Gasteiger partial charge is 0.362 e. The van der Waals surface area contributed by atoms with Crippen LogP contribution in [0.5, 0.6) is 0 Å². The third-order valence-electron chi connectivity index (χ3n) is 4.03. The number of thiocarbonyl (C=S) groups is 1. The molecule has 2 atom stereocenters. The van der Waals surface area contributed by atoms with Crippen LogP contribution in [0.25, 0.3) is 0 Å². The van der Waals surface area contributed by atoms with Gasteiger partial charge in [-0.3, -0.25) is 0 Å². The Bertz CT molecular complexity index is 464. The predicted octanol–water partition coefficient (Wildman–Crippen LogP) is 3.04. The summed E-state index contributed by atoms with van der Waals surface area (Å²) in [6.07, 6.45) is 4.32. The van der Waals surface area contributed by atoms with Crippen LogP contribution in [0.15, 0.2) is 18.3 Å². The van der Waals surface area contributed by atoms with E-state index in [9.17, 15) is 0 Å². The third kappa shape index (κ3) is 5.89. The van der Waals surface area contributed by atoms with E-state index in [1.807, 2.05) is 25.3 Å². The lowest BCUT2D eigenvalue weighted by Crippen LogP contribution is -2.40. The molecule has 0 bridgehead atoms. The Morgan fingerprint density at radius 1 is 1.32 bits per heavy atom. The second-order valence-electron chi connectivity index (χ2n) is 6.66. The highest BCUT2D eigenvalue weighted by atomic mass is 32.1. The highest BCUT2D eigenvalue weighted by molar-refractivity contribution is 7.80. The average molecular weight is 321 g/mol. The first kappa shape index (κ1) is 17.2. The predicted molar refractivity (Wildman–Crippen MR) is 97.2 cm³/mol. The van der Waals surface area contributed by atoms with Crippen molar-refractivity contribution in [3.8, 4) is 0 Å². The highest BCUT2D eigenvalue weighted by Crippen LogP contribution is 2.20. The van der Waals surface area contributed by atoms with Gasteiger partial charge in [0.25, 0.3) is 0 Å². The van der Waals surface area contributed by atoms with Crippen LogP contribution in [-0.4, -0.2) is 41.2 Å². The van der Waals surface area contributed by atoms with Gasteiger partial charge in [0.2, 0.25) is 0 Å². The van der Waals surface area contributed by atoms with Gasteiger partial charge in [-0.2, -0.15) is 0 Å². The van der Waals surface area contributed by atoms with Crippen LogP contribution in [0, 0.1) is 18.8 Å². The first-order valence-electron chi connectivity index (χ1n) is 8.23. The lowest BCUT2D eigenvalue weighted by atomic mass is 9.92. The summed E-state index contributed by atoms with van der Waals surface area (Å²) < 4.78 is 0. The van der Waals surface area contributed by atoms with Gasteiger partial charge < -0.3 is 15.5 Å². The standard InChI is InChI=1S/C17H28N4S/c1-13-5-6-16(19-10-13)20-17(22)18-7-4-8-21-11-14(2)9-15(3)12-21/h5-6,10,14-15H,4,7-9,11-12H2,1-3H3,(H2,18,19,20,22)/t14-,15-/m0/s1. The Morgan fingerprint density at radius 2 is 2.05 bits per heavy atom. The monoisotopic (exact) mass is 320 g/mol. The van der Waals surface area contributed by atoms with E-state index in [0.717, 1.165) is 42.7 Å². The molecule has 2 heterocycles. The Balaban J connectivity index is 1.62. The molecule has 0 amide bonds. The van der Waals surface area contributed by atoms with E-state index in [0.29, 0.717) is 5.11 Å². The lowest BCUT2D eigenvalue weighted by molar-refractivity contribution is 0.140. The van der Waals surface area contributed by atoms with E-state index < -0.39 is 0 Å².